The molecule has 1 atom stereocenters. The normalized spacial score (nSPS) is 12.3. The van der Waals surface area contributed by atoms with Gasteiger partial charge in [-0.3, -0.25) is 9.48 Å². The molecule has 40 heavy (non-hydrogen) atoms. The maximum absolute atomic E-state index is 12.3. The van der Waals surface area contributed by atoms with Gasteiger partial charge in [-0.15, -0.1) is 0 Å². The van der Waals surface area contributed by atoms with E-state index in [1.165, 1.54) is 24.0 Å². The minimum absolute atomic E-state index is 0.308. The van der Waals surface area contributed by atoms with Gasteiger partial charge in [0, 0.05) is 24.8 Å². The Morgan fingerprint density at radius 3 is 2.65 bits per heavy atom. The molecule has 0 radical (unpaired) electrons. The molecule has 5 heterocycles. The van der Waals surface area contributed by atoms with Gasteiger partial charge in [0.2, 0.25) is 6.41 Å². The molecule has 210 valence electrons. The highest BCUT2D eigenvalue weighted by Gasteiger charge is 2.26. The van der Waals surface area contributed by atoms with E-state index in [1.54, 1.807) is 6.33 Å². The molecule has 1 aliphatic carbocycles. The summed E-state index contributed by atoms with van der Waals surface area (Å²) < 4.78 is 11.0. The van der Waals surface area contributed by atoms with Crippen LogP contribution >= 0.6 is 28.9 Å². The van der Waals surface area contributed by atoms with Crippen LogP contribution in [0.2, 0.25) is 0 Å². The lowest BCUT2D eigenvalue weighted by atomic mass is 10.1. The molecule has 5 aromatic rings. The Kier molecular flexibility index (Phi) is 10.3. The molecule has 5 aromatic heterocycles. The zero-order valence-corrected chi connectivity index (χ0v) is 26.1. The van der Waals surface area contributed by atoms with Gasteiger partial charge in [0.15, 0.2) is 5.65 Å². The number of hydrogen-bond acceptors (Lipinski definition) is 6. The smallest absolute Gasteiger partial charge is 0.341 e. The Morgan fingerprint density at radius 1 is 1.18 bits per heavy atom. The lowest BCUT2D eigenvalue weighted by Crippen LogP contribution is -2.10. The lowest BCUT2D eigenvalue weighted by molar-refractivity contribution is -0.109. The van der Waals surface area contributed by atoms with Gasteiger partial charge in [-0.2, -0.15) is 5.10 Å². The number of fused-ring (bicyclic) bond motifs is 2. The van der Waals surface area contributed by atoms with Gasteiger partial charge in [-0.1, -0.05) is 28.9 Å². The minimum Gasteiger partial charge on any atom is -0.462 e. The molecule has 1 saturated carbocycles. The first kappa shape index (κ1) is 29.7. The van der Waals surface area contributed by atoms with Crippen LogP contribution < -0.4 is 5.32 Å². The number of amides is 1. The first-order chi connectivity index (χ1) is 19.4. The van der Waals surface area contributed by atoms with Gasteiger partial charge in [-0.05, 0) is 74.4 Å². The van der Waals surface area contributed by atoms with Crippen molar-refractivity contribution in [2.45, 2.75) is 52.6 Å². The summed E-state index contributed by atoms with van der Waals surface area (Å²) >= 11 is 2.07. The summed E-state index contributed by atoms with van der Waals surface area (Å²) in [6.07, 6.45) is 14.6. The van der Waals surface area contributed by atoms with Crippen molar-refractivity contribution < 1.29 is 14.3 Å². The van der Waals surface area contributed by atoms with Gasteiger partial charge < -0.3 is 18.9 Å². The fourth-order valence-corrected chi connectivity index (χ4v) is 4.39. The molecule has 1 amide bonds. The molecule has 1 unspecified atom stereocenters. The number of aromatic nitrogens is 6. The van der Waals surface area contributed by atoms with Crippen LogP contribution in [-0.4, -0.2) is 47.5 Å². The zero-order valence-electron chi connectivity index (χ0n) is 22.7. The number of rotatable bonds is 8. The molecule has 0 saturated heterocycles. The molecule has 1 fully saturated rings. The molecule has 0 aromatic carbocycles. The van der Waals surface area contributed by atoms with Crippen LogP contribution in [0.1, 0.15) is 64.1 Å². The summed E-state index contributed by atoms with van der Waals surface area (Å²) in [7, 11) is 0. The Balaban J connectivity index is 0.000000197. The second kappa shape index (κ2) is 13.8. The van der Waals surface area contributed by atoms with E-state index in [0.717, 1.165) is 22.5 Å². The van der Waals surface area contributed by atoms with E-state index >= 15 is 0 Å². The van der Waals surface area contributed by atoms with Gasteiger partial charge in [0.25, 0.3) is 0 Å². The number of hydrogen-bond donors (Lipinski definition) is 1. The number of carbonyl (C=O) groups excluding carboxylic acids is 2. The average molecular weight is 673 g/mol. The summed E-state index contributed by atoms with van der Waals surface area (Å²) in [5, 5.41) is 6.91. The quantitative estimate of drug-likeness (QED) is 0.107. The number of ether oxygens (including phenoxy) is 1. The van der Waals surface area contributed by atoms with Crippen molar-refractivity contribution in [2.75, 3.05) is 6.61 Å². The highest BCUT2D eigenvalue weighted by atomic mass is 127. The third-order valence-electron chi connectivity index (χ3n) is 6.38. The van der Waals surface area contributed by atoms with Crippen LogP contribution in [0.25, 0.3) is 11.2 Å². The molecule has 0 spiro atoms. The molecule has 10 nitrogen and oxygen atoms in total. The predicted molar refractivity (Wildman–Crippen MR) is 166 cm³/mol. The van der Waals surface area contributed by atoms with Crippen molar-refractivity contribution in [2.24, 2.45) is 0 Å². The van der Waals surface area contributed by atoms with E-state index < -0.39 is 0 Å². The van der Waals surface area contributed by atoms with Gasteiger partial charge in [0.05, 0.1) is 49.1 Å². The van der Waals surface area contributed by atoms with Gasteiger partial charge in [0.1, 0.15) is 5.56 Å². The van der Waals surface area contributed by atoms with Crippen LogP contribution in [0, 0.1) is 13.8 Å². The molecule has 0 aliphatic heterocycles. The summed E-state index contributed by atoms with van der Waals surface area (Å²) in [6.45, 7) is 9.66. The first-order valence-electron chi connectivity index (χ1n) is 12.9. The van der Waals surface area contributed by atoms with E-state index in [0.29, 0.717) is 43.2 Å². The van der Waals surface area contributed by atoms with Crippen LogP contribution in [0.15, 0.2) is 55.5 Å². The second-order valence-corrected chi connectivity index (χ2v) is 9.55. The monoisotopic (exact) mass is 673 g/mol. The lowest BCUT2D eigenvalue weighted by Gasteiger charge is -2.06. The number of nitrogens with zero attached hydrogens (tertiary/aromatic N) is 6. The Bertz CT molecular complexity index is 1610. The number of nitrogens with one attached hydrogen (secondary N) is 1. The van der Waals surface area contributed by atoms with Gasteiger partial charge >= 0.3 is 5.97 Å². The van der Waals surface area contributed by atoms with Crippen LogP contribution in [0.4, 0.5) is 0 Å². The number of halogens is 1. The summed E-state index contributed by atoms with van der Waals surface area (Å²) in [6, 6.07) is 6.01. The largest absolute Gasteiger partial charge is 0.462 e. The van der Waals surface area contributed by atoms with Crippen LogP contribution in [0.3, 0.4) is 0 Å². The zero-order chi connectivity index (χ0) is 28.6. The fraction of sp³-hybridized carbons (Fsp3) is 0.321. The van der Waals surface area contributed by atoms with Crippen LogP contribution in [0.5, 0.6) is 0 Å². The number of pyridine rings is 2. The van der Waals surface area contributed by atoms with E-state index in [9.17, 15) is 9.59 Å². The predicted octanol–water partition coefficient (Wildman–Crippen LogP) is 5.04. The number of imidazole rings is 2. The summed E-state index contributed by atoms with van der Waals surface area (Å²) in [5.41, 5.74) is 7.48. The Labute approximate surface area is 248 Å². The van der Waals surface area contributed by atoms with Crippen LogP contribution in [-0.2, 0) is 22.6 Å². The van der Waals surface area contributed by atoms with Crippen molar-refractivity contribution in [1.82, 2.24) is 33.9 Å². The maximum atomic E-state index is 12.3. The average Bonchev–Trinajstić information content (AvgIpc) is 3.43. The molecule has 6 rings (SSSR count). The number of esters is 1. The third kappa shape index (κ3) is 7.25. The molecule has 12 heteroatoms. The fourth-order valence-electron chi connectivity index (χ4n) is 4.39. The van der Waals surface area contributed by atoms with E-state index in [1.807, 2.05) is 71.2 Å². The molecular weight excluding hydrogens is 640 g/mol. The van der Waals surface area contributed by atoms with Crippen molar-refractivity contribution in [1.29, 1.82) is 0 Å². The topological polar surface area (TPSA) is 108 Å². The molecular formula is C28H33IN7O3P. The first-order valence-corrected chi connectivity index (χ1v) is 17.1. The SMILES string of the molecule is CCOC(=O)c1cc(C2CC2)cn2cc(Cn3cc(C)cn3)nc12.Cc1ccn2cnc(CNC=O)c2c1.PI. The summed E-state index contributed by atoms with van der Waals surface area (Å²) in [4.78, 5) is 31.3. The van der Waals surface area contributed by atoms with E-state index in [-0.39, 0.29) is 5.97 Å². The maximum Gasteiger partial charge on any atom is 0.341 e. The van der Waals surface area contributed by atoms with E-state index in [2.05, 4.69) is 61.6 Å². The van der Waals surface area contributed by atoms with Crippen molar-refractivity contribution in [3.63, 3.8) is 0 Å². The second-order valence-electron chi connectivity index (χ2n) is 9.55. The highest BCUT2D eigenvalue weighted by molar-refractivity contribution is 14.2. The molecule has 0 bridgehead atoms. The van der Waals surface area contributed by atoms with Crippen molar-refractivity contribution in [3.05, 3.63) is 89.2 Å². The molecule has 1 aliphatic rings. The van der Waals surface area contributed by atoms with Crippen molar-refractivity contribution in [3.8, 4) is 0 Å². The molecule has 1 N–H and O–H groups in total. The standard InChI is InChI=1S/C18H20N4O2.C10H11N3O.H2IP/c1-3-24-18(23)16-6-14(13-4-5-13)9-21-10-15(20-17(16)21)11-22-8-12(2)7-19-22;1-8-2-3-13-6-12-9(5-11-7-14)10(13)4-8;1-2/h6-10,13H,3-5,11H2,1-2H3;2-4,6-7H,5H2,1H3,(H,11,14);2H2. The third-order valence-corrected chi connectivity index (χ3v) is 6.38. The summed E-state index contributed by atoms with van der Waals surface area (Å²) in [5.74, 6) is 0.249. The number of carbonyl (C=O) groups is 2. The van der Waals surface area contributed by atoms with Gasteiger partial charge in [-0.25, -0.2) is 14.8 Å². The number of aryl methyl sites for hydroxylation is 2. The highest BCUT2D eigenvalue weighted by Crippen LogP contribution is 2.40. The Hall–Kier alpha value is -3.31. The Morgan fingerprint density at radius 2 is 1.98 bits per heavy atom. The minimum atomic E-state index is -0.308. The van der Waals surface area contributed by atoms with E-state index in [4.69, 9.17) is 4.74 Å². The van der Waals surface area contributed by atoms with Crippen molar-refractivity contribution >= 4 is 52.5 Å².